The van der Waals surface area contributed by atoms with E-state index >= 15 is 0 Å². The van der Waals surface area contributed by atoms with E-state index in [1.165, 1.54) is 41.9 Å². The zero-order chi connectivity index (χ0) is 10.5. The first-order chi connectivity index (χ1) is 7.87. The molecular formula is C16H24. The summed E-state index contributed by atoms with van der Waals surface area (Å²) in [5.74, 6) is 8.44. The Labute approximate surface area is 99.2 Å². The molecule has 5 fully saturated rings. The van der Waals surface area contributed by atoms with Crippen molar-refractivity contribution in [1.29, 1.82) is 0 Å². The quantitative estimate of drug-likeness (QED) is 0.619. The summed E-state index contributed by atoms with van der Waals surface area (Å²) in [6.45, 7) is 2.47. The van der Waals surface area contributed by atoms with E-state index in [9.17, 15) is 0 Å². The average molecular weight is 216 g/mol. The summed E-state index contributed by atoms with van der Waals surface area (Å²) in [4.78, 5) is 0. The van der Waals surface area contributed by atoms with Crippen LogP contribution in [0.3, 0.4) is 0 Å². The summed E-state index contributed by atoms with van der Waals surface area (Å²) in [6.07, 6.45) is 11.2. The van der Waals surface area contributed by atoms with Gasteiger partial charge in [0.25, 0.3) is 0 Å². The molecule has 0 saturated heterocycles. The molecule has 5 aliphatic carbocycles. The van der Waals surface area contributed by atoms with Crippen LogP contribution < -0.4 is 0 Å². The largest absolute Gasteiger partial charge is 0.0651 e. The van der Waals surface area contributed by atoms with Gasteiger partial charge in [-0.05, 0) is 85.4 Å². The van der Waals surface area contributed by atoms with Gasteiger partial charge >= 0.3 is 0 Å². The van der Waals surface area contributed by atoms with Crippen LogP contribution in [0.5, 0.6) is 0 Å². The average Bonchev–Trinajstić information content (AvgIpc) is 2.60. The van der Waals surface area contributed by atoms with E-state index in [-0.39, 0.29) is 0 Å². The minimum absolute atomic E-state index is 0.948. The minimum Gasteiger partial charge on any atom is -0.0651 e. The zero-order valence-electron chi connectivity index (χ0n) is 10.5. The summed E-state index contributed by atoms with van der Waals surface area (Å²) in [5.41, 5.74) is 0.948. The molecule has 88 valence electrons. The molecule has 5 rings (SSSR count). The van der Waals surface area contributed by atoms with Crippen molar-refractivity contribution in [3.8, 4) is 0 Å². The Morgan fingerprint density at radius 2 is 1.75 bits per heavy atom. The first-order valence-electron chi connectivity index (χ1n) is 7.87. The molecule has 0 aromatic heterocycles. The van der Waals surface area contributed by atoms with Crippen LogP contribution in [-0.4, -0.2) is 0 Å². The van der Waals surface area contributed by atoms with Gasteiger partial charge in [0, 0.05) is 0 Å². The van der Waals surface area contributed by atoms with Gasteiger partial charge in [0.15, 0.2) is 0 Å². The number of hydrogen-bond donors (Lipinski definition) is 0. The second kappa shape index (κ2) is 2.54. The fourth-order valence-corrected chi connectivity index (χ4v) is 7.52. The molecule has 8 unspecified atom stereocenters. The Morgan fingerprint density at radius 1 is 0.938 bits per heavy atom. The summed E-state index contributed by atoms with van der Waals surface area (Å²) >= 11 is 0. The maximum atomic E-state index is 2.47. The Hall–Kier alpha value is 0. The maximum absolute atomic E-state index is 2.47. The zero-order valence-corrected chi connectivity index (χ0v) is 10.5. The van der Waals surface area contributed by atoms with Gasteiger partial charge in [0.05, 0.1) is 0 Å². The van der Waals surface area contributed by atoms with E-state index in [1.807, 2.05) is 0 Å². The predicted molar refractivity (Wildman–Crippen MR) is 64.9 cm³/mol. The molecule has 8 atom stereocenters. The Bertz CT molecular complexity index is 346. The first kappa shape index (κ1) is 9.00. The molecule has 0 amide bonds. The van der Waals surface area contributed by atoms with Crippen molar-refractivity contribution >= 4 is 0 Å². The van der Waals surface area contributed by atoms with Crippen molar-refractivity contribution < 1.29 is 0 Å². The Balaban J connectivity index is 1.58. The molecule has 5 aliphatic rings. The molecule has 0 bridgehead atoms. The molecule has 0 aliphatic heterocycles. The highest BCUT2D eigenvalue weighted by Crippen LogP contribution is 2.82. The predicted octanol–water partition coefficient (Wildman–Crippen LogP) is 4.10. The van der Waals surface area contributed by atoms with Crippen LogP contribution in [0.2, 0.25) is 0 Å². The summed E-state index contributed by atoms with van der Waals surface area (Å²) in [6, 6.07) is 0. The third-order valence-electron chi connectivity index (χ3n) is 8.06. The Kier molecular flexibility index (Phi) is 1.43. The van der Waals surface area contributed by atoms with Gasteiger partial charge in [-0.25, -0.2) is 0 Å². The molecule has 0 N–H and O–H groups in total. The first-order valence-corrected chi connectivity index (χ1v) is 7.87. The van der Waals surface area contributed by atoms with Crippen LogP contribution in [-0.2, 0) is 0 Å². The lowest BCUT2D eigenvalue weighted by atomic mass is 9.30. The van der Waals surface area contributed by atoms with Gasteiger partial charge in [-0.1, -0.05) is 13.3 Å². The lowest BCUT2D eigenvalue weighted by Gasteiger charge is -2.75. The highest BCUT2D eigenvalue weighted by atomic mass is 14.8. The number of fused-ring (bicyclic) bond motifs is 3. The van der Waals surface area contributed by atoms with Crippen LogP contribution >= 0.6 is 0 Å². The molecule has 0 nitrogen and oxygen atoms in total. The Morgan fingerprint density at radius 3 is 2.38 bits per heavy atom. The van der Waals surface area contributed by atoms with Crippen LogP contribution in [0.25, 0.3) is 0 Å². The standard InChI is InChI=1S/C16H24/c1-2-9-10-3-4-11(10)14-13-6-8-16(13)7-5-12(9)15(14)16/h9-15H,2-8H2,1H3. The highest BCUT2D eigenvalue weighted by Gasteiger charge is 2.75. The fourth-order valence-electron chi connectivity index (χ4n) is 7.52. The van der Waals surface area contributed by atoms with Crippen LogP contribution in [0.1, 0.15) is 51.9 Å². The summed E-state index contributed by atoms with van der Waals surface area (Å²) in [7, 11) is 0. The van der Waals surface area contributed by atoms with Crippen LogP contribution in [0.4, 0.5) is 0 Å². The molecule has 0 aromatic carbocycles. The van der Waals surface area contributed by atoms with Crippen LogP contribution in [0, 0.1) is 46.8 Å². The molecule has 5 saturated carbocycles. The van der Waals surface area contributed by atoms with E-state index in [0.717, 1.165) is 11.3 Å². The second-order valence-corrected chi connectivity index (χ2v) is 7.66. The SMILES string of the molecule is CCC1C2CCC2C2C3CCC34CCC1C24. The lowest BCUT2D eigenvalue weighted by Crippen LogP contribution is -2.69. The smallest absolute Gasteiger partial charge is 0.0232 e. The molecule has 0 heterocycles. The van der Waals surface area contributed by atoms with E-state index < -0.39 is 0 Å². The van der Waals surface area contributed by atoms with Crippen molar-refractivity contribution in [3.05, 3.63) is 0 Å². The van der Waals surface area contributed by atoms with E-state index in [0.29, 0.717) is 0 Å². The summed E-state index contributed by atoms with van der Waals surface area (Å²) in [5, 5.41) is 0. The lowest BCUT2D eigenvalue weighted by molar-refractivity contribution is -0.268. The van der Waals surface area contributed by atoms with Gasteiger partial charge in [0.2, 0.25) is 0 Å². The van der Waals surface area contributed by atoms with E-state index in [1.54, 1.807) is 38.5 Å². The third-order valence-corrected chi connectivity index (χ3v) is 8.06. The molecule has 0 radical (unpaired) electrons. The van der Waals surface area contributed by atoms with E-state index in [4.69, 9.17) is 0 Å². The van der Waals surface area contributed by atoms with Crippen molar-refractivity contribution in [2.75, 3.05) is 0 Å². The minimum atomic E-state index is 0.948. The maximum Gasteiger partial charge on any atom is -0.0232 e. The second-order valence-electron chi connectivity index (χ2n) is 7.66. The number of hydrogen-bond acceptors (Lipinski definition) is 0. The normalized spacial score (nSPS) is 69.2. The van der Waals surface area contributed by atoms with Gasteiger partial charge in [-0.2, -0.15) is 0 Å². The van der Waals surface area contributed by atoms with E-state index in [2.05, 4.69) is 6.92 Å². The summed E-state index contributed by atoms with van der Waals surface area (Å²) < 4.78 is 0. The molecule has 1 spiro atoms. The van der Waals surface area contributed by atoms with Gasteiger partial charge in [0.1, 0.15) is 0 Å². The molecule has 0 aromatic rings. The van der Waals surface area contributed by atoms with Crippen LogP contribution in [0.15, 0.2) is 0 Å². The highest BCUT2D eigenvalue weighted by molar-refractivity contribution is 5.24. The van der Waals surface area contributed by atoms with Gasteiger partial charge < -0.3 is 0 Å². The molecule has 0 heteroatoms. The number of rotatable bonds is 1. The van der Waals surface area contributed by atoms with Gasteiger partial charge in [-0.15, -0.1) is 0 Å². The van der Waals surface area contributed by atoms with Crippen molar-refractivity contribution in [2.45, 2.75) is 51.9 Å². The molecule has 16 heavy (non-hydrogen) atoms. The van der Waals surface area contributed by atoms with Crippen molar-refractivity contribution in [2.24, 2.45) is 46.8 Å². The third kappa shape index (κ3) is 0.680. The monoisotopic (exact) mass is 216 g/mol. The van der Waals surface area contributed by atoms with Crippen molar-refractivity contribution in [1.82, 2.24) is 0 Å². The van der Waals surface area contributed by atoms with Gasteiger partial charge in [-0.3, -0.25) is 0 Å². The topological polar surface area (TPSA) is 0 Å². The molecular weight excluding hydrogens is 192 g/mol. The fraction of sp³-hybridized carbons (Fsp3) is 1.00. The van der Waals surface area contributed by atoms with Crippen molar-refractivity contribution in [3.63, 3.8) is 0 Å².